The summed E-state index contributed by atoms with van der Waals surface area (Å²) in [6.07, 6.45) is 0.827. The van der Waals surface area contributed by atoms with Crippen molar-refractivity contribution in [2.75, 3.05) is 26.2 Å². The van der Waals surface area contributed by atoms with Crippen molar-refractivity contribution in [3.63, 3.8) is 0 Å². The molecule has 0 aromatic rings. The first-order chi connectivity index (χ1) is 6.29. The second-order valence-electron chi connectivity index (χ2n) is 4.88. The first kappa shape index (κ1) is 11.9. The minimum Gasteiger partial charge on any atom is -0.376 e. The summed E-state index contributed by atoms with van der Waals surface area (Å²) in [5.74, 6) is -2.44. The fourth-order valence-corrected chi connectivity index (χ4v) is 1.43. The van der Waals surface area contributed by atoms with Crippen molar-refractivity contribution in [3.8, 4) is 0 Å². The van der Waals surface area contributed by atoms with Gasteiger partial charge in [0.15, 0.2) is 0 Å². The predicted molar refractivity (Wildman–Crippen MR) is 51.7 cm³/mol. The highest BCUT2D eigenvalue weighted by atomic mass is 19.3. The van der Waals surface area contributed by atoms with Gasteiger partial charge in [-0.2, -0.15) is 0 Å². The van der Waals surface area contributed by atoms with Crippen LogP contribution in [0.3, 0.4) is 0 Å². The fourth-order valence-electron chi connectivity index (χ4n) is 1.43. The van der Waals surface area contributed by atoms with Gasteiger partial charge in [0.2, 0.25) is 0 Å². The van der Waals surface area contributed by atoms with Crippen molar-refractivity contribution in [1.82, 2.24) is 4.90 Å². The lowest BCUT2D eigenvalue weighted by Gasteiger charge is -2.38. The molecule has 1 aliphatic rings. The Bertz CT molecular complexity index is 181. The molecule has 0 aromatic carbocycles. The van der Waals surface area contributed by atoms with Crippen LogP contribution in [0.15, 0.2) is 0 Å². The average Bonchev–Trinajstić information content (AvgIpc) is 1.92. The van der Waals surface area contributed by atoms with Gasteiger partial charge in [-0.1, -0.05) is 0 Å². The summed E-state index contributed by atoms with van der Waals surface area (Å²) in [5, 5.41) is 0. The van der Waals surface area contributed by atoms with Crippen LogP contribution in [0.2, 0.25) is 0 Å². The summed E-state index contributed by atoms with van der Waals surface area (Å²) in [6.45, 7) is 7.17. The topological polar surface area (TPSA) is 12.5 Å². The van der Waals surface area contributed by atoms with Crippen molar-refractivity contribution in [3.05, 3.63) is 0 Å². The molecule has 1 saturated heterocycles. The molecule has 0 aromatic heterocycles. The molecule has 0 bridgehead atoms. The number of rotatable bonds is 4. The number of hydrogen-bond acceptors (Lipinski definition) is 2. The number of halogens is 2. The van der Waals surface area contributed by atoms with Crippen LogP contribution in [0.1, 0.15) is 27.2 Å². The van der Waals surface area contributed by atoms with E-state index in [1.54, 1.807) is 4.90 Å². The van der Waals surface area contributed by atoms with Gasteiger partial charge in [0.05, 0.1) is 18.7 Å². The van der Waals surface area contributed by atoms with E-state index < -0.39 is 5.92 Å². The van der Waals surface area contributed by atoms with Crippen molar-refractivity contribution >= 4 is 0 Å². The predicted octanol–water partition coefficient (Wildman–Crippen LogP) is 2.14. The van der Waals surface area contributed by atoms with Crippen molar-refractivity contribution in [1.29, 1.82) is 0 Å². The molecule has 0 N–H and O–H groups in total. The maximum atomic E-state index is 12.4. The summed E-state index contributed by atoms with van der Waals surface area (Å²) >= 11 is 0. The Morgan fingerprint density at radius 2 is 1.86 bits per heavy atom. The smallest absolute Gasteiger partial charge is 0.272 e. The van der Waals surface area contributed by atoms with E-state index in [2.05, 4.69) is 0 Å². The molecular weight excluding hydrogens is 188 g/mol. The van der Waals surface area contributed by atoms with Crippen LogP contribution >= 0.6 is 0 Å². The Morgan fingerprint density at radius 3 is 2.29 bits per heavy atom. The average molecular weight is 207 g/mol. The second-order valence-corrected chi connectivity index (χ2v) is 4.88. The monoisotopic (exact) mass is 207 g/mol. The normalized spacial score (nSPS) is 22.1. The van der Waals surface area contributed by atoms with E-state index in [1.807, 2.05) is 20.8 Å². The maximum absolute atomic E-state index is 12.4. The van der Waals surface area contributed by atoms with E-state index in [0.717, 1.165) is 6.42 Å². The summed E-state index contributed by atoms with van der Waals surface area (Å²) in [7, 11) is 0. The molecule has 14 heavy (non-hydrogen) atoms. The van der Waals surface area contributed by atoms with E-state index in [4.69, 9.17) is 4.74 Å². The molecule has 1 fully saturated rings. The number of likely N-dealkylation sites (tertiary alicyclic amines) is 1. The number of nitrogens with zero attached hydrogens (tertiary/aromatic N) is 1. The summed E-state index contributed by atoms with van der Waals surface area (Å²) in [4.78, 5) is 1.76. The van der Waals surface area contributed by atoms with E-state index in [0.29, 0.717) is 13.2 Å². The highest BCUT2D eigenvalue weighted by Gasteiger charge is 2.43. The first-order valence-corrected chi connectivity index (χ1v) is 5.03. The van der Waals surface area contributed by atoms with E-state index in [1.165, 1.54) is 0 Å². The Hall–Kier alpha value is -0.220. The van der Waals surface area contributed by atoms with Gasteiger partial charge in [0, 0.05) is 13.2 Å². The number of hydrogen-bond donors (Lipinski definition) is 0. The molecule has 1 rings (SSSR count). The molecule has 0 amide bonds. The first-order valence-electron chi connectivity index (χ1n) is 5.03. The van der Waals surface area contributed by atoms with Gasteiger partial charge in [-0.15, -0.1) is 0 Å². The van der Waals surface area contributed by atoms with Crippen LogP contribution in [0.5, 0.6) is 0 Å². The third-order valence-corrected chi connectivity index (χ3v) is 2.06. The van der Waals surface area contributed by atoms with Crippen molar-refractivity contribution in [2.45, 2.75) is 38.7 Å². The molecule has 1 aliphatic heterocycles. The molecule has 2 nitrogen and oxygen atoms in total. The van der Waals surface area contributed by atoms with Crippen molar-refractivity contribution in [2.24, 2.45) is 0 Å². The largest absolute Gasteiger partial charge is 0.376 e. The van der Waals surface area contributed by atoms with Crippen LogP contribution in [0.25, 0.3) is 0 Å². The van der Waals surface area contributed by atoms with Crippen LogP contribution in [0, 0.1) is 0 Å². The Kier molecular flexibility index (Phi) is 3.48. The second kappa shape index (κ2) is 4.11. The van der Waals surface area contributed by atoms with Gasteiger partial charge >= 0.3 is 0 Å². The maximum Gasteiger partial charge on any atom is 0.272 e. The quantitative estimate of drug-likeness (QED) is 0.655. The van der Waals surface area contributed by atoms with Crippen LogP contribution in [-0.4, -0.2) is 42.7 Å². The van der Waals surface area contributed by atoms with Gasteiger partial charge in [-0.05, 0) is 27.2 Å². The van der Waals surface area contributed by atoms with Crippen molar-refractivity contribution < 1.29 is 13.5 Å². The third kappa shape index (κ3) is 4.33. The minimum absolute atomic E-state index is 0.0808. The number of alkyl halides is 2. The van der Waals surface area contributed by atoms with E-state index in [-0.39, 0.29) is 18.7 Å². The Balaban J connectivity index is 1.96. The standard InChI is InChI=1S/C10H19F2NO/c1-9(2,3)14-6-4-5-13-7-10(11,12)8-13/h4-8H2,1-3H3. The minimum atomic E-state index is -2.44. The Labute approximate surface area is 84.2 Å². The zero-order valence-corrected chi connectivity index (χ0v) is 9.15. The Morgan fingerprint density at radius 1 is 1.29 bits per heavy atom. The summed E-state index contributed by atoms with van der Waals surface area (Å²) < 4.78 is 30.3. The lowest BCUT2D eigenvalue weighted by Crippen LogP contribution is -2.56. The van der Waals surface area contributed by atoms with Crippen LogP contribution in [-0.2, 0) is 4.74 Å². The molecule has 4 heteroatoms. The van der Waals surface area contributed by atoms with Gasteiger partial charge in [-0.25, -0.2) is 8.78 Å². The van der Waals surface area contributed by atoms with Crippen LogP contribution < -0.4 is 0 Å². The third-order valence-electron chi connectivity index (χ3n) is 2.06. The fraction of sp³-hybridized carbons (Fsp3) is 1.00. The molecule has 0 saturated carbocycles. The van der Waals surface area contributed by atoms with E-state index >= 15 is 0 Å². The summed E-state index contributed by atoms with van der Waals surface area (Å²) in [5.41, 5.74) is -0.126. The zero-order chi connectivity index (χ0) is 10.8. The molecule has 0 radical (unpaired) electrons. The van der Waals surface area contributed by atoms with Gasteiger partial charge < -0.3 is 4.74 Å². The molecule has 1 heterocycles. The molecular formula is C10H19F2NO. The van der Waals surface area contributed by atoms with Gasteiger partial charge in [0.1, 0.15) is 0 Å². The molecule has 0 aliphatic carbocycles. The van der Waals surface area contributed by atoms with Crippen LogP contribution in [0.4, 0.5) is 8.78 Å². The molecule has 0 spiro atoms. The van der Waals surface area contributed by atoms with Gasteiger partial charge in [0.25, 0.3) is 5.92 Å². The molecule has 0 atom stereocenters. The van der Waals surface area contributed by atoms with E-state index in [9.17, 15) is 8.78 Å². The lowest BCUT2D eigenvalue weighted by atomic mass is 10.1. The van der Waals surface area contributed by atoms with Gasteiger partial charge in [-0.3, -0.25) is 4.90 Å². The molecule has 0 unspecified atom stereocenters. The highest BCUT2D eigenvalue weighted by molar-refractivity contribution is 4.86. The summed E-state index contributed by atoms with van der Waals surface area (Å²) in [6, 6.07) is 0. The highest BCUT2D eigenvalue weighted by Crippen LogP contribution is 2.26. The molecule has 84 valence electrons. The zero-order valence-electron chi connectivity index (χ0n) is 9.15. The number of ether oxygens (including phenoxy) is 1. The SMILES string of the molecule is CC(C)(C)OCCCN1CC(F)(F)C1. The lowest BCUT2D eigenvalue weighted by molar-refractivity contribution is -0.132.